The van der Waals surface area contributed by atoms with Crippen molar-refractivity contribution in [1.82, 2.24) is 14.0 Å². The van der Waals surface area contributed by atoms with Gasteiger partial charge in [-0.05, 0) is 26.0 Å². The Morgan fingerprint density at radius 2 is 1.87 bits per heavy atom. The van der Waals surface area contributed by atoms with Gasteiger partial charge in [-0.15, -0.1) is 0 Å². The molecular formula is C12H13N3. The molecule has 0 aliphatic rings. The van der Waals surface area contributed by atoms with E-state index in [1.54, 1.807) is 0 Å². The Labute approximate surface area is 88.0 Å². The van der Waals surface area contributed by atoms with Crippen LogP contribution in [0.5, 0.6) is 0 Å². The number of rotatable bonds is 1. The van der Waals surface area contributed by atoms with Crippen LogP contribution in [0.4, 0.5) is 0 Å². The lowest BCUT2D eigenvalue weighted by atomic mass is 10.3. The van der Waals surface area contributed by atoms with Gasteiger partial charge in [0.1, 0.15) is 0 Å². The molecule has 0 spiro atoms. The quantitative estimate of drug-likeness (QED) is 0.590. The van der Waals surface area contributed by atoms with Gasteiger partial charge in [0, 0.05) is 18.4 Å². The number of para-hydroxylation sites is 2. The van der Waals surface area contributed by atoms with Crippen molar-refractivity contribution in [3.05, 3.63) is 36.7 Å². The van der Waals surface area contributed by atoms with Gasteiger partial charge < -0.3 is 4.57 Å². The van der Waals surface area contributed by atoms with Gasteiger partial charge in [0.15, 0.2) is 0 Å². The smallest absolute Gasteiger partial charge is 0.215 e. The molecule has 76 valence electrons. The molecule has 0 fully saturated rings. The molecule has 2 aromatic heterocycles. The van der Waals surface area contributed by atoms with Crippen LogP contribution in [0.2, 0.25) is 0 Å². The van der Waals surface area contributed by atoms with Crippen molar-refractivity contribution in [3.8, 4) is 0 Å². The van der Waals surface area contributed by atoms with Crippen molar-refractivity contribution in [1.29, 1.82) is 0 Å². The summed E-state index contributed by atoms with van der Waals surface area (Å²) >= 11 is 0. The van der Waals surface area contributed by atoms with Gasteiger partial charge >= 0.3 is 0 Å². The molecule has 0 aliphatic carbocycles. The molecule has 2 heterocycles. The third kappa shape index (κ3) is 1.03. The van der Waals surface area contributed by atoms with E-state index >= 15 is 0 Å². The summed E-state index contributed by atoms with van der Waals surface area (Å²) in [5, 5.41) is 0. The Morgan fingerprint density at radius 3 is 2.60 bits per heavy atom. The summed E-state index contributed by atoms with van der Waals surface area (Å²) in [6, 6.07) is 8.83. The molecule has 15 heavy (non-hydrogen) atoms. The molecular weight excluding hydrogens is 186 g/mol. The van der Waals surface area contributed by atoms with Gasteiger partial charge in [0.25, 0.3) is 0 Å². The summed E-state index contributed by atoms with van der Waals surface area (Å²) in [7, 11) is 0. The van der Waals surface area contributed by atoms with Crippen LogP contribution in [0.1, 0.15) is 19.9 Å². The fraction of sp³-hybridized carbons (Fsp3) is 0.250. The molecule has 0 amide bonds. The molecule has 3 heteroatoms. The van der Waals surface area contributed by atoms with Crippen molar-refractivity contribution >= 4 is 16.8 Å². The lowest BCUT2D eigenvalue weighted by molar-refractivity contribution is 0.632. The summed E-state index contributed by atoms with van der Waals surface area (Å²) in [5.74, 6) is 1.02. The minimum Gasteiger partial charge on any atom is -0.307 e. The summed E-state index contributed by atoms with van der Waals surface area (Å²) in [4.78, 5) is 4.40. The maximum atomic E-state index is 4.40. The van der Waals surface area contributed by atoms with Crippen molar-refractivity contribution in [2.45, 2.75) is 19.9 Å². The summed E-state index contributed by atoms with van der Waals surface area (Å²) in [6.07, 6.45) is 3.86. The van der Waals surface area contributed by atoms with E-state index in [9.17, 15) is 0 Å². The number of hydrogen-bond acceptors (Lipinski definition) is 1. The molecule has 3 aromatic rings. The first-order valence-corrected chi connectivity index (χ1v) is 5.21. The van der Waals surface area contributed by atoms with Crippen LogP contribution in [-0.2, 0) is 0 Å². The fourth-order valence-electron chi connectivity index (χ4n) is 2.15. The monoisotopic (exact) mass is 199 g/mol. The van der Waals surface area contributed by atoms with Crippen LogP contribution in [0, 0.1) is 0 Å². The van der Waals surface area contributed by atoms with Gasteiger partial charge in [0.05, 0.1) is 11.0 Å². The Balaban J connectivity index is 2.58. The molecule has 1 aromatic carbocycles. The SMILES string of the molecule is CC(C)n1c2ccccc2n2ccnc12. The van der Waals surface area contributed by atoms with Gasteiger partial charge in [-0.3, -0.25) is 4.40 Å². The van der Waals surface area contributed by atoms with Crippen molar-refractivity contribution < 1.29 is 0 Å². The maximum absolute atomic E-state index is 4.40. The second kappa shape index (κ2) is 2.86. The molecule has 0 unspecified atom stereocenters. The Morgan fingerprint density at radius 1 is 1.13 bits per heavy atom. The molecule has 3 rings (SSSR count). The highest BCUT2D eigenvalue weighted by Gasteiger charge is 2.12. The number of benzene rings is 1. The van der Waals surface area contributed by atoms with Crippen LogP contribution in [0.25, 0.3) is 16.8 Å². The van der Waals surface area contributed by atoms with E-state index in [4.69, 9.17) is 0 Å². The lowest BCUT2D eigenvalue weighted by Crippen LogP contribution is -2.00. The summed E-state index contributed by atoms with van der Waals surface area (Å²) in [6.45, 7) is 4.36. The molecule has 0 bridgehead atoms. The topological polar surface area (TPSA) is 22.2 Å². The first-order valence-electron chi connectivity index (χ1n) is 5.21. The van der Waals surface area contributed by atoms with Crippen molar-refractivity contribution in [2.75, 3.05) is 0 Å². The van der Waals surface area contributed by atoms with Crippen LogP contribution >= 0.6 is 0 Å². The number of aromatic nitrogens is 3. The van der Waals surface area contributed by atoms with Crippen LogP contribution < -0.4 is 0 Å². The van der Waals surface area contributed by atoms with Crippen molar-refractivity contribution in [3.63, 3.8) is 0 Å². The fourth-order valence-corrected chi connectivity index (χ4v) is 2.15. The van der Waals surface area contributed by atoms with E-state index in [1.165, 1.54) is 11.0 Å². The molecule has 0 saturated heterocycles. The maximum Gasteiger partial charge on any atom is 0.215 e. The number of fused-ring (bicyclic) bond motifs is 3. The first kappa shape index (κ1) is 8.53. The largest absolute Gasteiger partial charge is 0.307 e. The molecule has 0 radical (unpaired) electrons. The lowest BCUT2D eigenvalue weighted by Gasteiger charge is -2.08. The molecule has 3 nitrogen and oxygen atoms in total. The minimum atomic E-state index is 0.426. The van der Waals surface area contributed by atoms with E-state index in [2.05, 4.69) is 52.1 Å². The van der Waals surface area contributed by atoms with E-state index in [-0.39, 0.29) is 0 Å². The van der Waals surface area contributed by atoms with Gasteiger partial charge in [-0.1, -0.05) is 12.1 Å². The summed E-state index contributed by atoms with van der Waals surface area (Å²) in [5.41, 5.74) is 2.47. The average molecular weight is 199 g/mol. The van der Waals surface area contributed by atoms with Crippen LogP contribution in [0.3, 0.4) is 0 Å². The summed E-state index contributed by atoms with van der Waals surface area (Å²) < 4.78 is 4.39. The first-order chi connectivity index (χ1) is 7.29. The van der Waals surface area contributed by atoms with Crippen LogP contribution in [-0.4, -0.2) is 14.0 Å². The predicted molar refractivity (Wildman–Crippen MR) is 61.1 cm³/mol. The van der Waals surface area contributed by atoms with Gasteiger partial charge in [0.2, 0.25) is 5.78 Å². The third-order valence-electron chi connectivity index (χ3n) is 2.75. The number of nitrogens with zero attached hydrogens (tertiary/aromatic N) is 3. The van der Waals surface area contributed by atoms with Crippen LogP contribution in [0.15, 0.2) is 36.7 Å². The normalized spacial score (nSPS) is 11.9. The second-order valence-electron chi connectivity index (χ2n) is 4.05. The predicted octanol–water partition coefficient (Wildman–Crippen LogP) is 2.87. The molecule has 0 atom stereocenters. The molecule has 0 saturated carbocycles. The molecule has 0 aliphatic heterocycles. The highest BCUT2D eigenvalue weighted by Crippen LogP contribution is 2.23. The molecule has 0 N–H and O–H groups in total. The second-order valence-corrected chi connectivity index (χ2v) is 4.05. The zero-order valence-electron chi connectivity index (χ0n) is 8.88. The Bertz CT molecular complexity index is 616. The Hall–Kier alpha value is -1.77. The van der Waals surface area contributed by atoms with E-state index in [0.29, 0.717) is 6.04 Å². The third-order valence-corrected chi connectivity index (χ3v) is 2.75. The van der Waals surface area contributed by atoms with E-state index in [0.717, 1.165) is 5.78 Å². The number of hydrogen-bond donors (Lipinski definition) is 0. The standard InChI is InChI=1S/C12H13N3/c1-9(2)15-11-6-4-3-5-10(11)14-8-7-13-12(14)15/h3-9H,1-2H3. The zero-order valence-corrected chi connectivity index (χ0v) is 8.88. The number of imidazole rings is 2. The van der Waals surface area contributed by atoms with Gasteiger partial charge in [-0.25, -0.2) is 4.98 Å². The zero-order chi connectivity index (χ0) is 10.4. The minimum absolute atomic E-state index is 0.426. The van der Waals surface area contributed by atoms with E-state index < -0.39 is 0 Å². The van der Waals surface area contributed by atoms with Gasteiger partial charge in [-0.2, -0.15) is 0 Å². The highest BCUT2D eigenvalue weighted by atomic mass is 15.2. The average Bonchev–Trinajstić information content (AvgIpc) is 2.75. The van der Waals surface area contributed by atoms with Crippen molar-refractivity contribution in [2.24, 2.45) is 0 Å². The van der Waals surface area contributed by atoms with E-state index in [1.807, 2.05) is 12.4 Å². The highest BCUT2D eigenvalue weighted by molar-refractivity contribution is 5.80. The Kier molecular flexibility index (Phi) is 1.63.